The van der Waals surface area contributed by atoms with Crippen molar-refractivity contribution in [2.45, 2.75) is 97.1 Å². The van der Waals surface area contributed by atoms with Gasteiger partial charge in [0.15, 0.2) is 11.5 Å². The van der Waals surface area contributed by atoms with Gasteiger partial charge in [0, 0.05) is 23.9 Å². The first-order valence-corrected chi connectivity index (χ1v) is 14.6. The highest BCUT2D eigenvalue weighted by Crippen LogP contribution is 2.28. The summed E-state index contributed by atoms with van der Waals surface area (Å²) in [7, 11) is 0. The van der Waals surface area contributed by atoms with Crippen molar-refractivity contribution in [3.8, 4) is 0 Å². The molecule has 2 N–H and O–H groups in total. The fourth-order valence-corrected chi connectivity index (χ4v) is 5.94. The van der Waals surface area contributed by atoms with E-state index in [2.05, 4.69) is 10.6 Å². The van der Waals surface area contributed by atoms with Gasteiger partial charge in [0.05, 0.1) is 12.6 Å². The van der Waals surface area contributed by atoms with Crippen molar-refractivity contribution in [2.75, 3.05) is 13.1 Å². The Labute approximate surface area is 231 Å². The van der Waals surface area contributed by atoms with Gasteiger partial charge in [-0.3, -0.25) is 19.2 Å². The van der Waals surface area contributed by atoms with Crippen molar-refractivity contribution in [1.29, 1.82) is 0 Å². The van der Waals surface area contributed by atoms with Gasteiger partial charge in [0.25, 0.3) is 5.91 Å². The van der Waals surface area contributed by atoms with Gasteiger partial charge >= 0.3 is 0 Å². The van der Waals surface area contributed by atoms with Gasteiger partial charge in [0.1, 0.15) is 11.6 Å². The van der Waals surface area contributed by atoms with Gasteiger partial charge in [-0.1, -0.05) is 64.2 Å². The van der Waals surface area contributed by atoms with Crippen LogP contribution in [0.3, 0.4) is 0 Å². The van der Waals surface area contributed by atoms with Crippen LogP contribution in [0.1, 0.15) is 94.2 Å². The molecule has 1 aromatic heterocycles. The number of rotatable bonds is 9. The number of benzene rings is 1. The number of nitrogens with one attached hydrogen (secondary N) is 2. The number of Topliss-reactive ketones (excluding diaryl/α,β-unsaturated/α-hetero) is 1. The van der Waals surface area contributed by atoms with Gasteiger partial charge in [0.2, 0.25) is 11.8 Å². The molecule has 39 heavy (non-hydrogen) atoms. The summed E-state index contributed by atoms with van der Waals surface area (Å²) in [4.78, 5) is 54.1. The van der Waals surface area contributed by atoms with Crippen molar-refractivity contribution >= 4 is 34.5 Å². The molecule has 212 valence electrons. The highest BCUT2D eigenvalue weighted by molar-refractivity contribution is 6.01. The van der Waals surface area contributed by atoms with Gasteiger partial charge in [-0.2, -0.15) is 0 Å². The molecule has 2 heterocycles. The lowest BCUT2D eigenvalue weighted by Gasteiger charge is -2.24. The van der Waals surface area contributed by atoms with Crippen LogP contribution in [0.15, 0.2) is 28.7 Å². The van der Waals surface area contributed by atoms with Crippen LogP contribution in [0.25, 0.3) is 11.0 Å². The quantitative estimate of drug-likeness (QED) is 0.472. The average Bonchev–Trinajstić information content (AvgIpc) is 3.15. The number of amides is 3. The lowest BCUT2D eigenvalue weighted by atomic mass is 9.86. The molecule has 1 saturated heterocycles. The molecule has 1 aromatic carbocycles. The van der Waals surface area contributed by atoms with E-state index in [0.717, 1.165) is 17.4 Å². The van der Waals surface area contributed by atoms with Crippen LogP contribution in [0, 0.1) is 18.8 Å². The third-order valence-corrected chi connectivity index (χ3v) is 8.20. The number of para-hydroxylation sites is 1. The van der Waals surface area contributed by atoms with Crippen molar-refractivity contribution in [2.24, 2.45) is 11.8 Å². The minimum atomic E-state index is -0.811. The van der Waals surface area contributed by atoms with Crippen LogP contribution in [-0.2, 0) is 14.4 Å². The summed E-state index contributed by atoms with van der Waals surface area (Å²) < 4.78 is 5.79. The van der Waals surface area contributed by atoms with Crippen LogP contribution >= 0.6 is 0 Å². The SMILES string of the molecule is Cc1c(C(=O)NC(CC(C)C)C(=O)N[C@H]2CCCN(C(=O)CCC3CCCCC3)CC2=O)oc2ccccc12. The molecule has 3 amide bonds. The summed E-state index contributed by atoms with van der Waals surface area (Å²) in [5.74, 6) is -0.0196. The zero-order chi connectivity index (χ0) is 27.9. The molecule has 2 atom stereocenters. The topological polar surface area (TPSA) is 109 Å². The van der Waals surface area contributed by atoms with Crippen molar-refractivity contribution in [3.05, 3.63) is 35.6 Å². The predicted molar refractivity (Wildman–Crippen MR) is 150 cm³/mol. The maximum atomic E-state index is 13.3. The molecule has 4 rings (SSSR count). The van der Waals surface area contributed by atoms with Crippen LogP contribution < -0.4 is 10.6 Å². The smallest absolute Gasteiger partial charge is 0.287 e. The number of furan rings is 1. The van der Waals surface area contributed by atoms with Gasteiger partial charge in [-0.15, -0.1) is 0 Å². The van der Waals surface area contributed by atoms with Crippen molar-refractivity contribution in [1.82, 2.24) is 15.5 Å². The molecular formula is C31H43N3O5. The van der Waals surface area contributed by atoms with E-state index in [0.29, 0.717) is 43.7 Å². The fraction of sp³-hybridized carbons (Fsp3) is 0.613. The monoisotopic (exact) mass is 537 g/mol. The van der Waals surface area contributed by atoms with E-state index in [1.165, 1.54) is 32.1 Å². The van der Waals surface area contributed by atoms with Crippen LogP contribution in [0.5, 0.6) is 0 Å². The number of fused-ring (bicyclic) bond motifs is 1. The molecule has 2 aliphatic rings. The Bertz CT molecular complexity index is 1180. The summed E-state index contributed by atoms with van der Waals surface area (Å²) in [6.07, 6.45) is 9.10. The molecule has 8 nitrogen and oxygen atoms in total. The number of ketones is 1. The van der Waals surface area contributed by atoms with E-state index in [1.54, 1.807) is 11.0 Å². The molecule has 0 radical (unpaired) electrons. The number of carbonyl (C=O) groups is 4. The average molecular weight is 538 g/mol. The first-order chi connectivity index (χ1) is 18.7. The summed E-state index contributed by atoms with van der Waals surface area (Å²) in [5.41, 5.74) is 1.34. The second-order valence-electron chi connectivity index (χ2n) is 11.7. The van der Waals surface area contributed by atoms with Gasteiger partial charge < -0.3 is 20.0 Å². The van der Waals surface area contributed by atoms with Crippen LogP contribution in [0.4, 0.5) is 0 Å². The Kier molecular flexibility index (Phi) is 9.81. The molecule has 8 heteroatoms. The second-order valence-corrected chi connectivity index (χ2v) is 11.7. The largest absolute Gasteiger partial charge is 0.451 e. The molecule has 2 fully saturated rings. The molecule has 2 aromatic rings. The maximum Gasteiger partial charge on any atom is 0.287 e. The summed E-state index contributed by atoms with van der Waals surface area (Å²) in [5, 5.41) is 6.58. The summed E-state index contributed by atoms with van der Waals surface area (Å²) >= 11 is 0. The molecule has 0 spiro atoms. The number of likely N-dealkylation sites (tertiary alicyclic amines) is 1. The Morgan fingerprint density at radius 2 is 1.79 bits per heavy atom. The lowest BCUT2D eigenvalue weighted by Crippen LogP contribution is -2.52. The number of hydrogen-bond acceptors (Lipinski definition) is 5. The third kappa shape index (κ3) is 7.49. The second kappa shape index (κ2) is 13.3. The van der Waals surface area contributed by atoms with Crippen molar-refractivity contribution < 1.29 is 23.6 Å². The summed E-state index contributed by atoms with van der Waals surface area (Å²) in [6.45, 7) is 6.33. The number of hydrogen-bond donors (Lipinski definition) is 2. The predicted octanol–water partition coefficient (Wildman–Crippen LogP) is 4.92. The minimum absolute atomic E-state index is 0.0217. The molecule has 1 saturated carbocycles. The number of aryl methyl sites for hydroxylation is 1. The standard InChI is InChI=1S/C31H43N3O5/c1-20(2)18-25(33-31(38)29-21(3)23-12-7-8-14-27(23)39-29)30(37)32-24-13-9-17-34(19-26(24)35)28(36)16-15-22-10-5-4-6-11-22/h7-8,12,14,20,22,24-25H,4-6,9-11,13,15-19H2,1-3H3,(H,32,37)(H,33,38)/t24-,25?/m0/s1. The minimum Gasteiger partial charge on any atom is -0.451 e. The molecule has 1 unspecified atom stereocenters. The fourth-order valence-electron chi connectivity index (χ4n) is 5.94. The Morgan fingerprint density at radius 3 is 2.51 bits per heavy atom. The zero-order valence-corrected chi connectivity index (χ0v) is 23.6. The number of nitrogens with zero attached hydrogens (tertiary/aromatic N) is 1. The van der Waals surface area contributed by atoms with E-state index >= 15 is 0 Å². The van der Waals surface area contributed by atoms with Crippen molar-refractivity contribution in [3.63, 3.8) is 0 Å². The maximum absolute atomic E-state index is 13.3. The van der Waals surface area contributed by atoms with Crippen LogP contribution in [0.2, 0.25) is 0 Å². The van der Waals surface area contributed by atoms with E-state index in [9.17, 15) is 19.2 Å². The highest BCUT2D eigenvalue weighted by Gasteiger charge is 2.32. The van der Waals surface area contributed by atoms with E-state index < -0.39 is 18.0 Å². The molecule has 1 aliphatic carbocycles. The summed E-state index contributed by atoms with van der Waals surface area (Å²) in [6, 6.07) is 5.94. The van der Waals surface area contributed by atoms with E-state index in [4.69, 9.17) is 4.42 Å². The zero-order valence-electron chi connectivity index (χ0n) is 23.6. The Balaban J connectivity index is 1.35. The van der Waals surface area contributed by atoms with Crippen LogP contribution in [-0.4, -0.2) is 53.6 Å². The first-order valence-electron chi connectivity index (χ1n) is 14.6. The first kappa shape index (κ1) is 28.8. The Morgan fingerprint density at radius 1 is 1.05 bits per heavy atom. The third-order valence-electron chi connectivity index (χ3n) is 8.20. The normalized spacial score (nSPS) is 19.6. The van der Waals surface area contributed by atoms with E-state index in [1.807, 2.05) is 39.0 Å². The molecule has 0 bridgehead atoms. The van der Waals surface area contributed by atoms with Gasteiger partial charge in [-0.25, -0.2) is 0 Å². The molecular weight excluding hydrogens is 494 g/mol. The Hall–Kier alpha value is -3.16. The lowest BCUT2D eigenvalue weighted by molar-refractivity contribution is -0.136. The van der Waals surface area contributed by atoms with E-state index in [-0.39, 0.29) is 35.8 Å². The highest BCUT2D eigenvalue weighted by atomic mass is 16.3. The number of carbonyl (C=O) groups excluding carboxylic acids is 4. The van der Waals surface area contributed by atoms with Gasteiger partial charge in [-0.05, 0) is 50.5 Å². The molecule has 1 aliphatic heterocycles.